The average molecular weight is 257 g/mol. The van der Waals surface area contributed by atoms with E-state index in [2.05, 4.69) is 4.74 Å². The molecule has 8 heteroatoms. The first-order valence-electron chi connectivity index (χ1n) is 4.38. The van der Waals surface area contributed by atoms with Crippen molar-refractivity contribution in [3.8, 4) is 0 Å². The van der Waals surface area contributed by atoms with Crippen molar-refractivity contribution >= 4 is 27.9 Å². The van der Waals surface area contributed by atoms with Crippen molar-refractivity contribution in [3.63, 3.8) is 0 Å². The van der Waals surface area contributed by atoms with E-state index in [0.717, 1.165) is 11.4 Å². The highest BCUT2D eigenvalue weighted by molar-refractivity contribution is 7.87. The summed E-state index contributed by atoms with van der Waals surface area (Å²) in [5.41, 5.74) is 0. The number of nitrogens with zero attached hydrogens (tertiary/aromatic N) is 1. The van der Waals surface area contributed by atoms with Gasteiger partial charge < -0.3 is 4.74 Å². The molecule has 1 rings (SSSR count). The minimum atomic E-state index is -3.83. The zero-order chi connectivity index (χ0) is 11.6. The molecule has 1 heterocycles. The largest absolute Gasteiger partial charge is 0.452 e. The second-order valence-corrected chi connectivity index (χ2v) is 5.59. The Morgan fingerprint density at radius 2 is 2.20 bits per heavy atom. The quantitative estimate of drug-likeness (QED) is 0.721. The number of alkyl halides is 1. The van der Waals surface area contributed by atoms with Crippen LogP contribution in [0.2, 0.25) is 0 Å². The molecule has 1 fully saturated rings. The van der Waals surface area contributed by atoms with Crippen LogP contribution in [0, 0.1) is 0 Å². The third-order valence-electron chi connectivity index (χ3n) is 2.17. The molecule has 0 bridgehead atoms. The maximum atomic E-state index is 11.6. The number of carbonyl (C=O) groups excluding carboxylic acids is 1. The van der Waals surface area contributed by atoms with E-state index < -0.39 is 16.3 Å². The minimum Gasteiger partial charge on any atom is -0.452 e. The fraction of sp³-hybridized carbons (Fsp3) is 0.857. The molecule has 1 aliphatic rings. The van der Waals surface area contributed by atoms with E-state index >= 15 is 0 Å². The predicted molar refractivity (Wildman–Crippen MR) is 54.9 cm³/mol. The molecule has 0 saturated carbocycles. The Hall–Kier alpha value is -0.530. The van der Waals surface area contributed by atoms with Gasteiger partial charge in [0.25, 0.3) is 0 Å². The summed E-state index contributed by atoms with van der Waals surface area (Å²) in [6.45, 7) is 1.94. The van der Waals surface area contributed by atoms with Gasteiger partial charge in [-0.1, -0.05) is 0 Å². The molecule has 2 atom stereocenters. The van der Waals surface area contributed by atoms with Crippen LogP contribution < -0.4 is 4.72 Å². The van der Waals surface area contributed by atoms with Crippen LogP contribution in [0.1, 0.15) is 13.3 Å². The Morgan fingerprint density at radius 1 is 1.60 bits per heavy atom. The average Bonchev–Trinajstić information content (AvgIpc) is 2.45. The lowest BCUT2D eigenvalue weighted by Crippen LogP contribution is -2.45. The summed E-state index contributed by atoms with van der Waals surface area (Å²) in [7, 11) is -2.73. The molecule has 6 nitrogen and oxygen atoms in total. The Kier molecular flexibility index (Phi) is 3.80. The van der Waals surface area contributed by atoms with Gasteiger partial charge in [-0.25, -0.2) is 9.52 Å². The number of halogens is 1. The van der Waals surface area contributed by atoms with Crippen LogP contribution in [0.25, 0.3) is 0 Å². The van der Waals surface area contributed by atoms with Gasteiger partial charge in [0, 0.05) is 18.0 Å². The predicted octanol–water partition coefficient (Wildman–Crippen LogP) is 0.289. The molecule has 1 saturated heterocycles. The number of amides is 1. The minimum absolute atomic E-state index is 0.203. The lowest BCUT2D eigenvalue weighted by molar-refractivity contribution is 0.177. The van der Waals surface area contributed by atoms with Crippen molar-refractivity contribution in [2.75, 3.05) is 13.7 Å². The summed E-state index contributed by atoms with van der Waals surface area (Å²) < 4.78 is 30.4. The molecule has 0 aromatic carbocycles. The smallest absolute Gasteiger partial charge is 0.421 e. The van der Waals surface area contributed by atoms with Gasteiger partial charge in [0.05, 0.1) is 7.11 Å². The zero-order valence-electron chi connectivity index (χ0n) is 8.44. The number of hydrogen-bond donors (Lipinski definition) is 1. The highest BCUT2D eigenvalue weighted by Gasteiger charge is 2.37. The summed E-state index contributed by atoms with van der Waals surface area (Å²) in [5.74, 6) is 0. The van der Waals surface area contributed by atoms with Gasteiger partial charge in [-0.05, 0) is 13.3 Å². The Morgan fingerprint density at radius 3 is 2.60 bits per heavy atom. The first-order valence-corrected chi connectivity index (χ1v) is 6.26. The van der Waals surface area contributed by atoms with Gasteiger partial charge in [0.2, 0.25) is 0 Å². The molecular weight excluding hydrogens is 244 g/mol. The molecule has 1 amide bonds. The Balaban J connectivity index is 2.74. The second-order valence-electron chi connectivity index (χ2n) is 3.35. The first kappa shape index (κ1) is 12.5. The van der Waals surface area contributed by atoms with E-state index in [1.807, 2.05) is 0 Å². The van der Waals surface area contributed by atoms with Gasteiger partial charge in [-0.3, -0.25) is 0 Å². The topological polar surface area (TPSA) is 75.7 Å². The summed E-state index contributed by atoms with van der Waals surface area (Å²) in [6, 6.07) is -0.213. The van der Waals surface area contributed by atoms with E-state index in [0.29, 0.717) is 6.42 Å². The van der Waals surface area contributed by atoms with Crippen molar-refractivity contribution in [2.45, 2.75) is 24.8 Å². The molecule has 0 aromatic rings. The van der Waals surface area contributed by atoms with Gasteiger partial charge in [0.15, 0.2) is 0 Å². The lowest BCUT2D eigenvalue weighted by Gasteiger charge is -2.20. The second kappa shape index (κ2) is 4.54. The molecular formula is C7H13ClN2O4S. The molecule has 2 unspecified atom stereocenters. The molecule has 0 radical (unpaired) electrons. The van der Waals surface area contributed by atoms with Crippen LogP contribution in [0.4, 0.5) is 4.79 Å². The number of ether oxygens (including phenoxy) is 1. The molecule has 0 spiro atoms. The first-order chi connectivity index (χ1) is 6.86. The number of rotatable bonds is 2. The summed E-state index contributed by atoms with van der Waals surface area (Å²) >= 11 is 5.83. The van der Waals surface area contributed by atoms with Crippen molar-refractivity contribution in [3.05, 3.63) is 0 Å². The van der Waals surface area contributed by atoms with Crippen LogP contribution in [-0.4, -0.2) is 43.9 Å². The van der Waals surface area contributed by atoms with E-state index in [-0.39, 0.29) is 18.0 Å². The molecule has 0 aromatic heterocycles. The molecule has 0 aliphatic carbocycles. The van der Waals surface area contributed by atoms with Crippen molar-refractivity contribution < 1.29 is 17.9 Å². The monoisotopic (exact) mass is 256 g/mol. The summed E-state index contributed by atoms with van der Waals surface area (Å²) in [5, 5.41) is -0.214. The van der Waals surface area contributed by atoms with Gasteiger partial charge >= 0.3 is 16.3 Å². The van der Waals surface area contributed by atoms with Crippen LogP contribution in [0.15, 0.2) is 0 Å². The third kappa shape index (κ3) is 2.96. The normalized spacial score (nSPS) is 27.7. The number of methoxy groups -OCH3 is 1. The summed E-state index contributed by atoms with van der Waals surface area (Å²) in [6.07, 6.45) is -0.427. The van der Waals surface area contributed by atoms with Crippen LogP contribution in [0.5, 0.6) is 0 Å². The maximum absolute atomic E-state index is 11.6. The highest BCUT2D eigenvalue weighted by Crippen LogP contribution is 2.23. The van der Waals surface area contributed by atoms with E-state index in [1.165, 1.54) is 0 Å². The fourth-order valence-corrected chi connectivity index (χ4v) is 3.31. The summed E-state index contributed by atoms with van der Waals surface area (Å²) in [4.78, 5) is 10.8. The molecule has 1 aliphatic heterocycles. The Labute approximate surface area is 93.7 Å². The fourth-order valence-electron chi connectivity index (χ4n) is 1.48. The number of carbonyl (C=O) groups is 1. The molecule has 88 valence electrons. The number of nitrogens with one attached hydrogen (secondary N) is 1. The third-order valence-corrected chi connectivity index (χ3v) is 4.04. The van der Waals surface area contributed by atoms with Crippen LogP contribution >= 0.6 is 11.6 Å². The standard InChI is InChI=1S/C7H13ClN2O4S/c1-5-3-6(8)4-10(5)15(12,13)9-7(11)14-2/h5-6H,3-4H2,1-2H3,(H,9,11). The van der Waals surface area contributed by atoms with Crippen LogP contribution in [0.3, 0.4) is 0 Å². The zero-order valence-corrected chi connectivity index (χ0v) is 10.0. The van der Waals surface area contributed by atoms with E-state index in [1.54, 1.807) is 11.6 Å². The van der Waals surface area contributed by atoms with Crippen molar-refractivity contribution in [1.29, 1.82) is 0 Å². The van der Waals surface area contributed by atoms with E-state index in [9.17, 15) is 13.2 Å². The molecule has 1 N–H and O–H groups in total. The van der Waals surface area contributed by atoms with Gasteiger partial charge in [0.1, 0.15) is 0 Å². The molecule has 15 heavy (non-hydrogen) atoms. The van der Waals surface area contributed by atoms with Gasteiger partial charge in [-0.2, -0.15) is 12.7 Å². The maximum Gasteiger partial charge on any atom is 0.421 e. The number of hydrogen-bond acceptors (Lipinski definition) is 4. The SMILES string of the molecule is COC(=O)NS(=O)(=O)N1CC(Cl)CC1C. The Bertz CT molecular complexity index is 345. The van der Waals surface area contributed by atoms with Crippen molar-refractivity contribution in [1.82, 2.24) is 9.03 Å². The highest BCUT2D eigenvalue weighted by atomic mass is 35.5. The lowest BCUT2D eigenvalue weighted by atomic mass is 10.2. The van der Waals surface area contributed by atoms with Crippen molar-refractivity contribution in [2.24, 2.45) is 0 Å². The van der Waals surface area contributed by atoms with Crippen LogP contribution in [-0.2, 0) is 14.9 Å². The van der Waals surface area contributed by atoms with E-state index in [4.69, 9.17) is 11.6 Å². The van der Waals surface area contributed by atoms with Gasteiger partial charge in [-0.15, -0.1) is 11.6 Å².